The lowest BCUT2D eigenvalue weighted by atomic mass is 9.95. The Bertz CT molecular complexity index is 1890. The summed E-state index contributed by atoms with van der Waals surface area (Å²) in [5.74, 6) is 2.49. The zero-order chi connectivity index (χ0) is 30.3. The standard InChI is InChI=1S/C32H28F3N9/c1-20-37-31-38-28(26(19-44(31)42-20)22-5-3-2-4-6-22)23-9-7-21(8-10-23)18-43-15-13-24(14-16-43)29-39-30(41-40-29)27-12-11-25(17-36-27)32(33,34)35/h2-12,17,19,24H,13-16,18H2,1H3,(H,39,40,41). The van der Waals surface area contributed by atoms with Crippen molar-refractivity contribution in [2.75, 3.05) is 13.1 Å². The number of piperidine rings is 1. The normalized spacial score (nSPS) is 14.8. The van der Waals surface area contributed by atoms with E-state index in [2.05, 4.69) is 71.5 Å². The van der Waals surface area contributed by atoms with Gasteiger partial charge in [0, 0.05) is 36.0 Å². The van der Waals surface area contributed by atoms with E-state index in [-0.39, 0.29) is 5.92 Å². The highest BCUT2D eigenvalue weighted by Crippen LogP contribution is 2.33. The monoisotopic (exact) mass is 595 g/mol. The first kappa shape index (κ1) is 27.8. The summed E-state index contributed by atoms with van der Waals surface area (Å²) in [7, 11) is 0. The predicted molar refractivity (Wildman–Crippen MR) is 158 cm³/mol. The van der Waals surface area contributed by atoms with Gasteiger partial charge in [0.1, 0.15) is 17.3 Å². The zero-order valence-corrected chi connectivity index (χ0v) is 23.8. The molecule has 4 aromatic heterocycles. The van der Waals surface area contributed by atoms with Crippen LogP contribution in [0.25, 0.3) is 39.7 Å². The Hall–Kier alpha value is -4.97. The molecular formula is C32H28F3N9. The van der Waals surface area contributed by atoms with Gasteiger partial charge in [0.05, 0.1) is 11.3 Å². The molecule has 6 aromatic rings. The highest BCUT2D eigenvalue weighted by Gasteiger charge is 2.31. The Morgan fingerprint density at radius 1 is 0.886 bits per heavy atom. The van der Waals surface area contributed by atoms with Crippen LogP contribution in [0.15, 0.2) is 79.1 Å². The van der Waals surface area contributed by atoms with E-state index in [1.807, 2.05) is 31.3 Å². The molecule has 0 aliphatic carbocycles. The van der Waals surface area contributed by atoms with E-state index in [1.54, 1.807) is 4.52 Å². The molecule has 1 N–H and O–H groups in total. The van der Waals surface area contributed by atoms with Crippen LogP contribution in [0.1, 0.15) is 41.5 Å². The van der Waals surface area contributed by atoms with Crippen LogP contribution in [0.5, 0.6) is 0 Å². The van der Waals surface area contributed by atoms with Crippen LogP contribution in [0.3, 0.4) is 0 Å². The van der Waals surface area contributed by atoms with Crippen LogP contribution in [-0.2, 0) is 12.7 Å². The summed E-state index contributed by atoms with van der Waals surface area (Å²) < 4.78 is 40.3. The van der Waals surface area contributed by atoms with Gasteiger partial charge in [-0.05, 0) is 56.1 Å². The highest BCUT2D eigenvalue weighted by molar-refractivity contribution is 5.81. The van der Waals surface area contributed by atoms with Gasteiger partial charge in [-0.1, -0.05) is 54.6 Å². The molecule has 1 fully saturated rings. The first-order valence-corrected chi connectivity index (χ1v) is 14.4. The summed E-state index contributed by atoms with van der Waals surface area (Å²) in [6.45, 7) is 4.47. The van der Waals surface area contributed by atoms with Crippen molar-refractivity contribution in [2.45, 2.75) is 38.4 Å². The van der Waals surface area contributed by atoms with Gasteiger partial charge >= 0.3 is 6.18 Å². The second-order valence-corrected chi connectivity index (χ2v) is 11.0. The molecule has 0 amide bonds. The number of aryl methyl sites for hydroxylation is 1. The molecule has 5 heterocycles. The van der Waals surface area contributed by atoms with Gasteiger partial charge in [-0.25, -0.2) is 14.5 Å². The van der Waals surface area contributed by atoms with E-state index in [0.29, 0.717) is 23.1 Å². The first-order chi connectivity index (χ1) is 21.3. The van der Waals surface area contributed by atoms with E-state index in [4.69, 9.17) is 4.98 Å². The number of nitrogens with one attached hydrogen (secondary N) is 1. The number of benzene rings is 2. The van der Waals surface area contributed by atoms with Crippen molar-refractivity contribution in [3.8, 4) is 33.9 Å². The van der Waals surface area contributed by atoms with Crippen LogP contribution >= 0.6 is 0 Å². The molecule has 9 nitrogen and oxygen atoms in total. The minimum absolute atomic E-state index is 0.197. The molecule has 0 spiro atoms. The van der Waals surface area contributed by atoms with Crippen molar-refractivity contribution in [1.29, 1.82) is 0 Å². The number of hydrogen-bond donors (Lipinski definition) is 1. The maximum absolute atomic E-state index is 12.9. The van der Waals surface area contributed by atoms with E-state index in [0.717, 1.165) is 72.9 Å². The molecule has 0 radical (unpaired) electrons. The third-order valence-electron chi connectivity index (χ3n) is 7.95. The number of aromatic nitrogens is 8. The van der Waals surface area contributed by atoms with Gasteiger partial charge in [-0.2, -0.15) is 28.4 Å². The molecule has 222 valence electrons. The molecule has 1 aliphatic heterocycles. The van der Waals surface area contributed by atoms with Crippen molar-refractivity contribution in [2.24, 2.45) is 0 Å². The fraction of sp³-hybridized carbons (Fsp3) is 0.250. The van der Waals surface area contributed by atoms with E-state index < -0.39 is 11.7 Å². The maximum Gasteiger partial charge on any atom is 0.417 e. The fourth-order valence-corrected chi connectivity index (χ4v) is 5.63. The summed E-state index contributed by atoms with van der Waals surface area (Å²) in [5.41, 5.74) is 4.65. The number of H-pyrrole nitrogens is 1. The Balaban J connectivity index is 1.01. The molecule has 2 aromatic carbocycles. The van der Waals surface area contributed by atoms with Gasteiger partial charge in [0.2, 0.25) is 0 Å². The second kappa shape index (κ2) is 11.3. The summed E-state index contributed by atoms with van der Waals surface area (Å²) >= 11 is 0. The third-order valence-corrected chi connectivity index (χ3v) is 7.95. The first-order valence-electron chi connectivity index (χ1n) is 14.4. The molecule has 0 unspecified atom stereocenters. The summed E-state index contributed by atoms with van der Waals surface area (Å²) in [6.07, 6.45) is 0.167. The van der Waals surface area contributed by atoms with Gasteiger partial charge in [-0.15, -0.1) is 0 Å². The number of rotatable bonds is 6. The Morgan fingerprint density at radius 2 is 1.66 bits per heavy atom. The average Bonchev–Trinajstić information content (AvgIpc) is 3.67. The van der Waals surface area contributed by atoms with Crippen molar-refractivity contribution >= 4 is 5.78 Å². The Morgan fingerprint density at radius 3 is 2.36 bits per heavy atom. The largest absolute Gasteiger partial charge is 0.417 e. The average molecular weight is 596 g/mol. The van der Waals surface area contributed by atoms with Crippen molar-refractivity contribution in [1.82, 2.24) is 44.6 Å². The fourth-order valence-electron chi connectivity index (χ4n) is 5.63. The van der Waals surface area contributed by atoms with Crippen molar-refractivity contribution in [3.63, 3.8) is 0 Å². The van der Waals surface area contributed by atoms with Gasteiger partial charge in [0.15, 0.2) is 5.82 Å². The lowest BCUT2D eigenvalue weighted by molar-refractivity contribution is -0.137. The topological polar surface area (TPSA) is 101 Å². The molecule has 0 atom stereocenters. The van der Waals surface area contributed by atoms with Gasteiger partial charge in [-0.3, -0.25) is 15.0 Å². The molecule has 12 heteroatoms. The number of halogens is 3. The molecular weight excluding hydrogens is 567 g/mol. The van der Waals surface area contributed by atoms with E-state index >= 15 is 0 Å². The van der Waals surface area contributed by atoms with Gasteiger partial charge in [0.25, 0.3) is 5.78 Å². The summed E-state index contributed by atoms with van der Waals surface area (Å²) in [5, 5.41) is 11.6. The molecule has 0 bridgehead atoms. The number of fused-ring (bicyclic) bond motifs is 1. The number of aromatic amines is 1. The van der Waals surface area contributed by atoms with Crippen molar-refractivity contribution < 1.29 is 13.2 Å². The predicted octanol–water partition coefficient (Wildman–Crippen LogP) is 6.35. The highest BCUT2D eigenvalue weighted by atomic mass is 19.4. The Kier molecular flexibility index (Phi) is 7.13. The summed E-state index contributed by atoms with van der Waals surface area (Å²) in [4.78, 5) is 20.2. The molecule has 44 heavy (non-hydrogen) atoms. The number of hydrogen-bond acceptors (Lipinski definition) is 7. The number of alkyl halides is 3. The lowest BCUT2D eigenvalue weighted by Crippen LogP contribution is -2.32. The minimum Gasteiger partial charge on any atom is -0.299 e. The van der Waals surface area contributed by atoms with Crippen LogP contribution in [0, 0.1) is 6.92 Å². The molecule has 1 aliphatic rings. The molecule has 7 rings (SSSR count). The van der Waals surface area contributed by atoms with Gasteiger partial charge < -0.3 is 0 Å². The lowest BCUT2D eigenvalue weighted by Gasteiger charge is -2.31. The van der Waals surface area contributed by atoms with E-state index in [1.165, 1.54) is 11.6 Å². The second-order valence-electron chi connectivity index (χ2n) is 11.0. The van der Waals surface area contributed by atoms with Crippen LogP contribution in [0.2, 0.25) is 0 Å². The maximum atomic E-state index is 12.9. The number of pyridine rings is 1. The Labute approximate surface area is 250 Å². The summed E-state index contributed by atoms with van der Waals surface area (Å²) in [6, 6.07) is 21.0. The number of nitrogens with zero attached hydrogens (tertiary/aromatic N) is 8. The smallest absolute Gasteiger partial charge is 0.299 e. The quantitative estimate of drug-likeness (QED) is 0.240. The minimum atomic E-state index is -4.43. The number of likely N-dealkylation sites (tertiary alicyclic amines) is 1. The van der Waals surface area contributed by atoms with Crippen molar-refractivity contribution in [3.05, 3.63) is 102 Å². The SMILES string of the molecule is Cc1nc2nc(-c3ccc(CN4CCC(c5nc(-c6ccc(C(F)(F)F)cn6)n[nH]5)CC4)cc3)c(-c3ccccc3)cn2n1. The van der Waals surface area contributed by atoms with Crippen LogP contribution in [-0.4, -0.2) is 57.7 Å². The molecule has 0 saturated carbocycles. The third kappa shape index (κ3) is 5.68. The van der Waals surface area contributed by atoms with E-state index in [9.17, 15) is 13.2 Å². The zero-order valence-electron chi connectivity index (χ0n) is 23.8. The van der Waals surface area contributed by atoms with Crippen LogP contribution < -0.4 is 0 Å². The van der Waals surface area contributed by atoms with Crippen LogP contribution in [0.4, 0.5) is 13.2 Å². The molecule has 1 saturated heterocycles.